The molecule has 2 aromatic rings. The number of aromatic nitrogens is 3. The van der Waals surface area contributed by atoms with Crippen LogP contribution in [0.25, 0.3) is 11.4 Å². The molecule has 0 aromatic carbocycles. The van der Waals surface area contributed by atoms with Gasteiger partial charge in [-0.3, -0.25) is 4.79 Å². The average molecular weight is 355 g/mol. The van der Waals surface area contributed by atoms with E-state index < -0.39 is 5.95 Å². The highest BCUT2D eigenvalue weighted by atomic mass is 19.1. The van der Waals surface area contributed by atoms with Crippen LogP contribution in [0.5, 0.6) is 0 Å². The summed E-state index contributed by atoms with van der Waals surface area (Å²) in [6.45, 7) is 2.03. The first-order valence-corrected chi connectivity index (χ1v) is 9.15. The Morgan fingerprint density at radius 1 is 1.27 bits per heavy atom. The number of amides is 1. The third-order valence-electron chi connectivity index (χ3n) is 5.40. The van der Waals surface area contributed by atoms with Gasteiger partial charge < -0.3 is 9.80 Å². The van der Waals surface area contributed by atoms with Gasteiger partial charge in [0.15, 0.2) is 11.6 Å². The number of hydrogen-bond acceptors (Lipinski definition) is 5. The van der Waals surface area contributed by atoms with Crippen LogP contribution in [-0.4, -0.2) is 40.0 Å². The zero-order valence-electron chi connectivity index (χ0n) is 15.0. The molecule has 1 amide bonds. The van der Waals surface area contributed by atoms with Crippen LogP contribution in [0, 0.1) is 5.95 Å². The zero-order valence-corrected chi connectivity index (χ0v) is 15.0. The van der Waals surface area contributed by atoms with Gasteiger partial charge in [0.05, 0.1) is 6.20 Å². The minimum atomic E-state index is -0.560. The van der Waals surface area contributed by atoms with Crippen molar-refractivity contribution < 1.29 is 9.18 Å². The van der Waals surface area contributed by atoms with Gasteiger partial charge in [-0.1, -0.05) is 19.8 Å². The lowest BCUT2D eigenvalue weighted by atomic mass is 10.0. The van der Waals surface area contributed by atoms with E-state index in [2.05, 4.69) is 14.9 Å². The monoisotopic (exact) mass is 355 g/mol. The lowest BCUT2D eigenvalue weighted by Crippen LogP contribution is -2.55. The van der Waals surface area contributed by atoms with Crippen LogP contribution in [0.2, 0.25) is 0 Å². The fourth-order valence-corrected chi connectivity index (χ4v) is 4.06. The Labute approximate surface area is 152 Å². The van der Waals surface area contributed by atoms with E-state index in [9.17, 15) is 9.18 Å². The molecule has 1 fully saturated rings. The van der Waals surface area contributed by atoms with Crippen molar-refractivity contribution in [2.75, 3.05) is 16.8 Å². The molecule has 1 saturated carbocycles. The fourth-order valence-electron chi connectivity index (χ4n) is 4.06. The molecule has 0 spiro atoms. The van der Waals surface area contributed by atoms with E-state index in [1.807, 2.05) is 6.92 Å². The highest BCUT2D eigenvalue weighted by molar-refractivity contribution is 6.04. The quantitative estimate of drug-likeness (QED) is 0.792. The van der Waals surface area contributed by atoms with Gasteiger partial charge in [0.2, 0.25) is 11.9 Å². The second-order valence-corrected chi connectivity index (χ2v) is 6.94. The van der Waals surface area contributed by atoms with E-state index >= 15 is 0 Å². The molecule has 1 aliphatic carbocycles. The van der Waals surface area contributed by atoms with Crippen LogP contribution in [0.15, 0.2) is 24.5 Å². The summed E-state index contributed by atoms with van der Waals surface area (Å²) in [5.41, 5.74) is 1.30. The van der Waals surface area contributed by atoms with Crippen molar-refractivity contribution in [2.24, 2.45) is 0 Å². The molecule has 0 bridgehead atoms. The summed E-state index contributed by atoms with van der Waals surface area (Å²) in [5, 5.41) is 0. The van der Waals surface area contributed by atoms with Crippen LogP contribution < -0.4 is 9.80 Å². The van der Waals surface area contributed by atoms with Crippen molar-refractivity contribution >= 4 is 17.4 Å². The molecule has 0 N–H and O–H groups in total. The van der Waals surface area contributed by atoms with Crippen LogP contribution in [0.1, 0.15) is 39.0 Å². The minimum absolute atomic E-state index is 0.0817. The van der Waals surface area contributed by atoms with Crippen LogP contribution in [-0.2, 0) is 4.79 Å². The molecule has 4 rings (SSSR count). The van der Waals surface area contributed by atoms with E-state index in [0.29, 0.717) is 23.1 Å². The fraction of sp³-hybridized carbons (Fsp3) is 0.474. The Kier molecular flexibility index (Phi) is 4.30. The number of fused-ring (bicyclic) bond motifs is 1. The largest absolute Gasteiger partial charge is 0.340 e. The predicted molar refractivity (Wildman–Crippen MR) is 97.4 cm³/mol. The first-order valence-electron chi connectivity index (χ1n) is 9.15. The smallest absolute Gasteiger partial charge is 0.249 e. The van der Waals surface area contributed by atoms with Gasteiger partial charge in [0, 0.05) is 30.9 Å². The molecule has 2 aliphatic rings. The number of nitrogens with zero attached hydrogens (tertiary/aromatic N) is 5. The summed E-state index contributed by atoms with van der Waals surface area (Å²) in [7, 11) is 1.77. The second kappa shape index (κ2) is 6.63. The average Bonchev–Trinajstić information content (AvgIpc) is 3.18. The summed E-state index contributed by atoms with van der Waals surface area (Å²) in [4.78, 5) is 29.4. The lowest BCUT2D eigenvalue weighted by Gasteiger charge is -2.43. The van der Waals surface area contributed by atoms with Gasteiger partial charge in [-0.25, -0.2) is 15.0 Å². The van der Waals surface area contributed by atoms with Crippen molar-refractivity contribution in [3.05, 3.63) is 30.5 Å². The highest BCUT2D eigenvalue weighted by Gasteiger charge is 2.41. The van der Waals surface area contributed by atoms with Gasteiger partial charge in [0.1, 0.15) is 11.7 Å². The summed E-state index contributed by atoms with van der Waals surface area (Å²) >= 11 is 0. The van der Waals surface area contributed by atoms with E-state index in [4.69, 9.17) is 4.98 Å². The number of halogens is 1. The number of carbonyl (C=O) groups is 1. The van der Waals surface area contributed by atoms with E-state index in [-0.39, 0.29) is 11.9 Å². The van der Waals surface area contributed by atoms with Gasteiger partial charge in [-0.05, 0) is 25.3 Å². The number of rotatable bonds is 3. The van der Waals surface area contributed by atoms with Crippen molar-refractivity contribution in [2.45, 2.75) is 51.1 Å². The summed E-state index contributed by atoms with van der Waals surface area (Å²) in [6.07, 6.45) is 8.28. The topological polar surface area (TPSA) is 62.2 Å². The molecule has 7 heteroatoms. The molecular formula is C19H22FN5O. The molecular weight excluding hydrogens is 333 g/mol. The maximum atomic E-state index is 13.5. The van der Waals surface area contributed by atoms with E-state index in [0.717, 1.165) is 25.1 Å². The van der Waals surface area contributed by atoms with Crippen molar-refractivity contribution in [1.29, 1.82) is 0 Å². The van der Waals surface area contributed by atoms with Gasteiger partial charge >= 0.3 is 0 Å². The maximum absolute atomic E-state index is 13.5. The highest BCUT2D eigenvalue weighted by Crippen LogP contribution is 2.40. The third-order valence-corrected chi connectivity index (χ3v) is 5.40. The van der Waals surface area contributed by atoms with Crippen LogP contribution in [0.4, 0.5) is 15.9 Å². The van der Waals surface area contributed by atoms with Crippen molar-refractivity contribution in [3.63, 3.8) is 0 Å². The molecule has 6 nitrogen and oxygen atoms in total. The van der Waals surface area contributed by atoms with E-state index in [1.54, 1.807) is 24.2 Å². The molecule has 26 heavy (non-hydrogen) atoms. The van der Waals surface area contributed by atoms with Crippen LogP contribution in [0.3, 0.4) is 0 Å². The molecule has 0 unspecified atom stereocenters. The number of pyridine rings is 1. The molecule has 1 atom stereocenters. The Morgan fingerprint density at radius 3 is 2.73 bits per heavy atom. The standard InChI is InChI=1S/C19H22FN5O/c1-3-14-19(26)24(2)15-11-22-17(12-8-9-21-16(20)10-12)23-18(15)25(14)13-6-4-5-7-13/h8-11,13-14H,3-7H2,1-2H3/t14-/m1/s1. The Hall–Kier alpha value is -2.57. The number of likely N-dealkylation sites (N-methyl/N-ethyl adjacent to an activating group) is 1. The van der Waals surface area contributed by atoms with E-state index in [1.165, 1.54) is 25.1 Å². The Morgan fingerprint density at radius 2 is 2.04 bits per heavy atom. The SMILES string of the molecule is CC[C@@H]1C(=O)N(C)c2cnc(-c3ccnc(F)c3)nc2N1C1CCCC1. The molecule has 2 aromatic heterocycles. The predicted octanol–water partition coefficient (Wildman–Crippen LogP) is 3.18. The number of carbonyl (C=O) groups excluding carboxylic acids is 1. The van der Waals surface area contributed by atoms with Crippen LogP contribution >= 0.6 is 0 Å². The van der Waals surface area contributed by atoms with Gasteiger partial charge in [-0.15, -0.1) is 0 Å². The first kappa shape index (κ1) is 16.9. The first-order chi connectivity index (χ1) is 12.6. The molecule has 0 radical (unpaired) electrons. The maximum Gasteiger partial charge on any atom is 0.249 e. The summed E-state index contributed by atoms with van der Waals surface area (Å²) in [5.74, 6) is 0.743. The molecule has 0 saturated heterocycles. The summed E-state index contributed by atoms with van der Waals surface area (Å²) in [6, 6.07) is 3.12. The summed E-state index contributed by atoms with van der Waals surface area (Å²) < 4.78 is 13.5. The van der Waals surface area contributed by atoms with Crippen molar-refractivity contribution in [1.82, 2.24) is 15.0 Å². The Bertz CT molecular complexity index is 836. The molecule has 136 valence electrons. The zero-order chi connectivity index (χ0) is 18.3. The minimum Gasteiger partial charge on any atom is -0.340 e. The second-order valence-electron chi connectivity index (χ2n) is 6.94. The normalized spacial score (nSPS) is 20.6. The third kappa shape index (κ3) is 2.71. The Balaban J connectivity index is 1.84. The van der Waals surface area contributed by atoms with Gasteiger partial charge in [0.25, 0.3) is 0 Å². The molecule has 3 heterocycles. The number of anilines is 2. The lowest BCUT2D eigenvalue weighted by molar-refractivity contribution is -0.120. The van der Waals surface area contributed by atoms with Crippen molar-refractivity contribution in [3.8, 4) is 11.4 Å². The van der Waals surface area contributed by atoms with Gasteiger partial charge in [-0.2, -0.15) is 4.39 Å². The number of hydrogen-bond donors (Lipinski definition) is 0. The molecule has 1 aliphatic heterocycles.